The predicted octanol–water partition coefficient (Wildman–Crippen LogP) is 2.09. The number of hydrogen-bond donors (Lipinski definition) is 1. The predicted molar refractivity (Wildman–Crippen MR) is 103 cm³/mol. The number of carboxylic acid groups (broad SMARTS) is 1. The minimum absolute atomic E-state index is 0.0803. The van der Waals surface area contributed by atoms with Gasteiger partial charge in [-0.25, -0.2) is 0 Å². The number of carbonyl (C=O) groups is 3. The van der Waals surface area contributed by atoms with Crippen LogP contribution in [0.15, 0.2) is 30.4 Å². The van der Waals surface area contributed by atoms with Crippen molar-refractivity contribution in [3.05, 3.63) is 40.9 Å². The summed E-state index contributed by atoms with van der Waals surface area (Å²) in [7, 11) is 0. The van der Waals surface area contributed by atoms with Crippen molar-refractivity contribution in [2.24, 2.45) is 23.7 Å². The van der Waals surface area contributed by atoms with Gasteiger partial charge in [0.15, 0.2) is 0 Å². The Hall–Kier alpha value is -2.34. The molecular weight excluding hydrogens is 380 g/mol. The monoisotopic (exact) mass is 401 g/mol. The zero-order valence-corrected chi connectivity index (χ0v) is 16.2. The van der Waals surface area contributed by atoms with Crippen LogP contribution in [0, 0.1) is 23.7 Å². The molecule has 1 saturated carbocycles. The first-order valence-corrected chi connectivity index (χ1v) is 10.1. The molecule has 2 amide bonds. The fourth-order valence-corrected chi connectivity index (χ4v) is 5.02. The Morgan fingerprint density at radius 1 is 1.04 bits per heavy atom. The van der Waals surface area contributed by atoms with Crippen molar-refractivity contribution in [2.45, 2.75) is 25.7 Å². The van der Waals surface area contributed by atoms with E-state index in [1.54, 1.807) is 23.1 Å². The molecule has 148 valence electrons. The standard InChI is InChI=1S/C21H23ClN2O4/c22-16-11-14(6-7-15(16)20(26)24-8-2-1-3-9-24)23-19(25)17-12-4-5-13(10-12)18(17)21(27)28/h4-7,11-13,17-18H,1-3,8-10H2,(H,23,25)(H,27,28)/p-1/t12-,13-,17-,18-/m0/s1. The Kier molecular flexibility index (Phi) is 5.15. The summed E-state index contributed by atoms with van der Waals surface area (Å²) < 4.78 is 0. The van der Waals surface area contributed by atoms with Crippen molar-refractivity contribution in [1.29, 1.82) is 0 Å². The number of aliphatic carboxylic acids is 1. The van der Waals surface area contributed by atoms with Gasteiger partial charge in [0.1, 0.15) is 0 Å². The number of halogens is 1. The number of amides is 2. The van der Waals surface area contributed by atoms with Crippen molar-refractivity contribution in [1.82, 2.24) is 4.90 Å². The minimum atomic E-state index is -1.18. The highest BCUT2D eigenvalue weighted by Crippen LogP contribution is 2.48. The fourth-order valence-electron chi connectivity index (χ4n) is 4.76. The van der Waals surface area contributed by atoms with E-state index in [1.807, 2.05) is 12.2 Å². The zero-order chi connectivity index (χ0) is 19.8. The summed E-state index contributed by atoms with van der Waals surface area (Å²) >= 11 is 6.31. The number of benzene rings is 1. The lowest BCUT2D eigenvalue weighted by atomic mass is 9.82. The number of hydrogen-bond acceptors (Lipinski definition) is 4. The lowest BCUT2D eigenvalue weighted by Crippen LogP contribution is -2.42. The quantitative estimate of drug-likeness (QED) is 0.782. The van der Waals surface area contributed by atoms with Crippen LogP contribution in [0.25, 0.3) is 0 Å². The van der Waals surface area contributed by atoms with Crippen molar-refractivity contribution in [2.75, 3.05) is 18.4 Å². The summed E-state index contributed by atoms with van der Waals surface area (Å²) in [6, 6.07) is 4.80. The topological polar surface area (TPSA) is 89.5 Å². The Morgan fingerprint density at radius 3 is 2.36 bits per heavy atom. The third-order valence-electron chi connectivity index (χ3n) is 6.14. The van der Waals surface area contributed by atoms with Crippen molar-refractivity contribution >= 4 is 35.1 Å². The number of piperidine rings is 1. The van der Waals surface area contributed by atoms with Crippen LogP contribution in [0.4, 0.5) is 5.69 Å². The number of anilines is 1. The molecule has 1 aliphatic heterocycles. The van der Waals surface area contributed by atoms with Gasteiger partial charge in [0.25, 0.3) is 5.91 Å². The van der Waals surface area contributed by atoms with Gasteiger partial charge in [0.2, 0.25) is 5.91 Å². The van der Waals surface area contributed by atoms with Gasteiger partial charge in [0, 0.05) is 30.7 Å². The van der Waals surface area contributed by atoms with Gasteiger partial charge < -0.3 is 20.1 Å². The second-order valence-corrected chi connectivity index (χ2v) is 8.26. The molecule has 1 aromatic carbocycles. The van der Waals surface area contributed by atoms with Crippen molar-refractivity contribution in [3.8, 4) is 0 Å². The number of nitrogens with zero attached hydrogens (tertiary/aromatic N) is 1. The maximum absolute atomic E-state index is 12.7. The molecule has 0 radical (unpaired) electrons. The number of carbonyl (C=O) groups excluding carboxylic acids is 3. The average molecular weight is 402 g/mol. The Morgan fingerprint density at radius 2 is 1.71 bits per heavy atom. The summed E-state index contributed by atoms with van der Waals surface area (Å²) in [6.45, 7) is 1.46. The van der Waals surface area contributed by atoms with E-state index < -0.39 is 17.8 Å². The van der Waals surface area contributed by atoms with Gasteiger partial charge in [-0.2, -0.15) is 0 Å². The molecule has 1 N–H and O–H groups in total. The lowest BCUT2D eigenvalue weighted by Gasteiger charge is -2.28. The third-order valence-corrected chi connectivity index (χ3v) is 6.46. The normalized spacial score (nSPS) is 28.4. The van der Waals surface area contributed by atoms with Crippen LogP contribution in [0.3, 0.4) is 0 Å². The van der Waals surface area contributed by atoms with Gasteiger partial charge in [0.05, 0.1) is 16.5 Å². The molecule has 2 bridgehead atoms. The highest BCUT2D eigenvalue weighted by Gasteiger charge is 2.48. The number of nitrogens with one attached hydrogen (secondary N) is 1. The molecular formula is C21H22ClN2O4-. The van der Waals surface area contributed by atoms with Crippen LogP contribution in [-0.4, -0.2) is 35.8 Å². The van der Waals surface area contributed by atoms with Gasteiger partial charge >= 0.3 is 0 Å². The van der Waals surface area contributed by atoms with Crippen LogP contribution in [-0.2, 0) is 9.59 Å². The average Bonchev–Trinajstić information content (AvgIpc) is 3.30. The first-order valence-electron chi connectivity index (χ1n) is 9.74. The summed E-state index contributed by atoms with van der Waals surface area (Å²) in [5.74, 6) is -3.30. The summed E-state index contributed by atoms with van der Waals surface area (Å²) in [5, 5.41) is 14.5. The Balaban J connectivity index is 1.47. The van der Waals surface area contributed by atoms with E-state index in [1.165, 1.54) is 0 Å². The van der Waals surface area contributed by atoms with Crippen LogP contribution in [0.1, 0.15) is 36.0 Å². The van der Waals surface area contributed by atoms with E-state index in [-0.39, 0.29) is 28.7 Å². The summed E-state index contributed by atoms with van der Waals surface area (Å²) in [6.07, 6.45) is 7.58. The molecule has 2 aliphatic carbocycles. The van der Waals surface area contributed by atoms with Crippen LogP contribution >= 0.6 is 11.6 Å². The second kappa shape index (κ2) is 7.59. The number of allylic oxidation sites excluding steroid dienone is 2. The van der Waals surface area contributed by atoms with Gasteiger partial charge in [-0.05, 0) is 55.7 Å². The van der Waals surface area contributed by atoms with E-state index in [0.717, 1.165) is 32.4 Å². The number of carboxylic acids is 1. The van der Waals surface area contributed by atoms with Crippen molar-refractivity contribution < 1.29 is 19.5 Å². The second-order valence-electron chi connectivity index (χ2n) is 7.86. The van der Waals surface area contributed by atoms with Gasteiger partial charge in [-0.15, -0.1) is 0 Å². The molecule has 2 fully saturated rings. The van der Waals surface area contributed by atoms with Gasteiger partial charge in [-0.3, -0.25) is 9.59 Å². The first-order chi connectivity index (χ1) is 13.5. The zero-order valence-electron chi connectivity index (χ0n) is 15.4. The molecule has 0 unspecified atom stereocenters. The molecule has 1 aromatic rings. The van der Waals surface area contributed by atoms with E-state index in [0.29, 0.717) is 17.7 Å². The summed E-state index contributed by atoms with van der Waals surface area (Å²) in [5.41, 5.74) is 0.867. The molecule has 28 heavy (non-hydrogen) atoms. The highest BCUT2D eigenvalue weighted by atomic mass is 35.5. The molecule has 1 heterocycles. The number of fused-ring (bicyclic) bond motifs is 2. The SMILES string of the molecule is O=C([O-])[C@@H]1[C@@H](C(=O)Nc2ccc(C(=O)N3CCCCC3)c(Cl)c2)[C@H]2C=C[C@H]1C2. The van der Waals surface area contributed by atoms with Crippen LogP contribution < -0.4 is 10.4 Å². The largest absolute Gasteiger partial charge is 0.550 e. The van der Waals surface area contributed by atoms with Gasteiger partial charge in [-0.1, -0.05) is 23.8 Å². The van der Waals surface area contributed by atoms with E-state index in [4.69, 9.17) is 11.6 Å². The molecule has 7 heteroatoms. The smallest absolute Gasteiger partial charge is 0.255 e. The third kappa shape index (κ3) is 3.41. The summed E-state index contributed by atoms with van der Waals surface area (Å²) in [4.78, 5) is 38.7. The van der Waals surface area contributed by atoms with Crippen LogP contribution in [0.5, 0.6) is 0 Å². The molecule has 0 spiro atoms. The molecule has 1 saturated heterocycles. The number of rotatable bonds is 4. The fraction of sp³-hybridized carbons (Fsp3) is 0.476. The molecule has 4 rings (SSSR count). The first kappa shape index (κ1) is 19.0. The minimum Gasteiger partial charge on any atom is -0.550 e. The van der Waals surface area contributed by atoms with Crippen molar-refractivity contribution in [3.63, 3.8) is 0 Å². The molecule has 3 aliphatic rings. The molecule has 4 atom stereocenters. The Labute approximate surface area is 168 Å². The molecule has 0 aromatic heterocycles. The Bertz CT molecular complexity index is 847. The maximum atomic E-state index is 12.7. The van der Waals surface area contributed by atoms with Crippen LogP contribution in [0.2, 0.25) is 5.02 Å². The van der Waals surface area contributed by atoms with E-state index >= 15 is 0 Å². The lowest BCUT2D eigenvalue weighted by molar-refractivity contribution is -0.313. The number of likely N-dealkylation sites (tertiary alicyclic amines) is 1. The highest BCUT2D eigenvalue weighted by molar-refractivity contribution is 6.34. The van der Waals surface area contributed by atoms with E-state index in [9.17, 15) is 19.5 Å². The maximum Gasteiger partial charge on any atom is 0.255 e. The molecule has 6 nitrogen and oxygen atoms in total. The van der Waals surface area contributed by atoms with E-state index in [2.05, 4.69) is 5.32 Å².